The normalized spacial score (nSPS) is 35.4. The lowest BCUT2D eigenvalue weighted by Gasteiger charge is -2.39. The third-order valence-electron chi connectivity index (χ3n) is 5.00. The summed E-state index contributed by atoms with van der Waals surface area (Å²) in [5, 5.41) is 0. The molecule has 1 aliphatic carbocycles. The monoisotopic (exact) mass is 224 g/mol. The molecule has 2 unspecified atom stereocenters. The molecule has 1 saturated heterocycles. The Bertz CT molecular complexity index is 221. The number of hydrogen-bond acceptors (Lipinski definition) is 2. The van der Waals surface area contributed by atoms with Gasteiger partial charge in [-0.05, 0) is 51.5 Å². The SMILES string of the molecule is CC1CCCN(CCC2(N)CCCC2)C1C. The van der Waals surface area contributed by atoms with Crippen molar-refractivity contribution in [1.82, 2.24) is 4.90 Å². The van der Waals surface area contributed by atoms with Gasteiger partial charge in [0, 0.05) is 18.1 Å². The zero-order valence-corrected chi connectivity index (χ0v) is 11.0. The molecule has 1 aliphatic heterocycles. The fraction of sp³-hybridized carbons (Fsp3) is 1.00. The highest BCUT2D eigenvalue weighted by atomic mass is 15.2. The molecular formula is C14H28N2. The van der Waals surface area contributed by atoms with E-state index >= 15 is 0 Å². The summed E-state index contributed by atoms with van der Waals surface area (Å²) in [5.41, 5.74) is 6.61. The van der Waals surface area contributed by atoms with Crippen molar-refractivity contribution in [2.45, 2.75) is 70.4 Å². The van der Waals surface area contributed by atoms with Crippen LogP contribution in [0.5, 0.6) is 0 Å². The van der Waals surface area contributed by atoms with Crippen LogP contribution in [0.3, 0.4) is 0 Å². The molecule has 16 heavy (non-hydrogen) atoms. The zero-order valence-electron chi connectivity index (χ0n) is 11.0. The molecule has 2 aliphatic rings. The Morgan fingerprint density at radius 2 is 1.88 bits per heavy atom. The maximum absolute atomic E-state index is 6.43. The van der Waals surface area contributed by atoms with Crippen molar-refractivity contribution in [3.63, 3.8) is 0 Å². The minimum atomic E-state index is 0.181. The average molecular weight is 224 g/mol. The number of rotatable bonds is 3. The highest BCUT2D eigenvalue weighted by molar-refractivity contribution is 4.91. The molecule has 2 rings (SSSR count). The summed E-state index contributed by atoms with van der Waals surface area (Å²) in [5.74, 6) is 0.867. The van der Waals surface area contributed by atoms with E-state index < -0.39 is 0 Å². The van der Waals surface area contributed by atoms with Crippen molar-refractivity contribution >= 4 is 0 Å². The number of hydrogen-bond donors (Lipinski definition) is 1. The van der Waals surface area contributed by atoms with Crippen LogP contribution in [0.25, 0.3) is 0 Å². The molecule has 0 radical (unpaired) electrons. The van der Waals surface area contributed by atoms with Crippen LogP contribution < -0.4 is 5.73 Å². The van der Waals surface area contributed by atoms with Crippen LogP contribution in [0, 0.1) is 5.92 Å². The summed E-state index contributed by atoms with van der Waals surface area (Å²) in [7, 11) is 0. The Morgan fingerprint density at radius 1 is 1.19 bits per heavy atom. The second-order valence-electron chi connectivity index (χ2n) is 6.22. The predicted molar refractivity (Wildman–Crippen MR) is 69.4 cm³/mol. The van der Waals surface area contributed by atoms with Gasteiger partial charge in [-0.1, -0.05) is 19.8 Å². The topological polar surface area (TPSA) is 29.3 Å². The van der Waals surface area contributed by atoms with Gasteiger partial charge >= 0.3 is 0 Å². The Balaban J connectivity index is 1.80. The Kier molecular flexibility index (Phi) is 3.91. The molecule has 2 nitrogen and oxygen atoms in total. The molecule has 0 aromatic rings. The second-order valence-corrected chi connectivity index (χ2v) is 6.22. The summed E-state index contributed by atoms with van der Waals surface area (Å²) in [6, 6.07) is 0.763. The van der Waals surface area contributed by atoms with Gasteiger partial charge in [0.2, 0.25) is 0 Å². The van der Waals surface area contributed by atoms with Gasteiger partial charge in [0.05, 0.1) is 0 Å². The van der Waals surface area contributed by atoms with Crippen molar-refractivity contribution in [3.05, 3.63) is 0 Å². The fourth-order valence-electron chi connectivity index (χ4n) is 3.43. The van der Waals surface area contributed by atoms with Crippen LogP contribution in [-0.2, 0) is 0 Å². The zero-order chi connectivity index (χ0) is 11.6. The van der Waals surface area contributed by atoms with Crippen LogP contribution in [0.4, 0.5) is 0 Å². The van der Waals surface area contributed by atoms with E-state index in [-0.39, 0.29) is 5.54 Å². The molecule has 0 aromatic heterocycles. The summed E-state index contributed by atoms with van der Waals surface area (Å²) in [4.78, 5) is 2.67. The van der Waals surface area contributed by atoms with Crippen molar-refractivity contribution in [3.8, 4) is 0 Å². The number of likely N-dealkylation sites (tertiary alicyclic amines) is 1. The van der Waals surface area contributed by atoms with Crippen LogP contribution >= 0.6 is 0 Å². The lowest BCUT2D eigenvalue weighted by atomic mass is 9.89. The summed E-state index contributed by atoms with van der Waals surface area (Å²) >= 11 is 0. The number of nitrogens with zero attached hydrogens (tertiary/aromatic N) is 1. The van der Waals surface area contributed by atoms with Gasteiger partial charge in [0.25, 0.3) is 0 Å². The molecule has 2 heteroatoms. The Hall–Kier alpha value is -0.0800. The number of piperidine rings is 1. The van der Waals surface area contributed by atoms with E-state index in [1.807, 2.05) is 0 Å². The molecule has 0 bridgehead atoms. The van der Waals surface area contributed by atoms with Gasteiger partial charge in [0.1, 0.15) is 0 Å². The molecule has 2 N–H and O–H groups in total. The standard InChI is InChI=1S/C14H28N2/c1-12-6-5-10-16(13(12)2)11-9-14(15)7-3-4-8-14/h12-13H,3-11,15H2,1-2H3. The first-order chi connectivity index (χ1) is 7.61. The molecule has 0 spiro atoms. The highest BCUT2D eigenvalue weighted by Gasteiger charge is 2.31. The number of nitrogens with two attached hydrogens (primary N) is 1. The van der Waals surface area contributed by atoms with E-state index in [1.165, 1.54) is 58.0 Å². The molecular weight excluding hydrogens is 196 g/mol. The minimum absolute atomic E-state index is 0.181. The third-order valence-corrected chi connectivity index (χ3v) is 5.00. The van der Waals surface area contributed by atoms with Gasteiger partial charge in [-0.25, -0.2) is 0 Å². The lowest BCUT2D eigenvalue weighted by Crippen LogP contribution is -2.46. The van der Waals surface area contributed by atoms with Crippen LogP contribution in [0.2, 0.25) is 0 Å². The molecule has 1 saturated carbocycles. The van der Waals surface area contributed by atoms with Crippen LogP contribution in [0.15, 0.2) is 0 Å². The first-order valence-electron chi connectivity index (χ1n) is 7.14. The largest absolute Gasteiger partial charge is 0.325 e. The Morgan fingerprint density at radius 3 is 2.56 bits per heavy atom. The predicted octanol–water partition coefficient (Wildman–Crippen LogP) is 2.77. The van der Waals surface area contributed by atoms with E-state index in [0.29, 0.717) is 0 Å². The van der Waals surface area contributed by atoms with Gasteiger partial charge in [0.15, 0.2) is 0 Å². The summed E-state index contributed by atoms with van der Waals surface area (Å²) in [6.45, 7) is 7.30. The first kappa shape index (κ1) is 12.4. The van der Waals surface area contributed by atoms with Gasteiger partial charge < -0.3 is 10.6 Å². The van der Waals surface area contributed by atoms with Crippen molar-refractivity contribution in [2.24, 2.45) is 11.7 Å². The van der Waals surface area contributed by atoms with Crippen molar-refractivity contribution < 1.29 is 0 Å². The summed E-state index contributed by atoms with van der Waals surface area (Å²) in [6.07, 6.45) is 9.21. The third kappa shape index (κ3) is 2.78. The van der Waals surface area contributed by atoms with Gasteiger partial charge in [-0.3, -0.25) is 0 Å². The van der Waals surface area contributed by atoms with E-state index in [2.05, 4.69) is 18.7 Å². The van der Waals surface area contributed by atoms with E-state index in [1.54, 1.807) is 0 Å². The highest BCUT2D eigenvalue weighted by Crippen LogP contribution is 2.31. The molecule has 2 fully saturated rings. The van der Waals surface area contributed by atoms with Gasteiger partial charge in [-0.15, -0.1) is 0 Å². The second kappa shape index (κ2) is 5.05. The fourth-order valence-corrected chi connectivity index (χ4v) is 3.43. The van der Waals surface area contributed by atoms with E-state index in [4.69, 9.17) is 5.73 Å². The van der Waals surface area contributed by atoms with Crippen LogP contribution in [0.1, 0.15) is 58.8 Å². The quantitative estimate of drug-likeness (QED) is 0.798. The summed E-state index contributed by atoms with van der Waals surface area (Å²) < 4.78 is 0. The molecule has 94 valence electrons. The minimum Gasteiger partial charge on any atom is -0.325 e. The van der Waals surface area contributed by atoms with Crippen LogP contribution in [-0.4, -0.2) is 29.6 Å². The molecule has 0 aromatic carbocycles. The smallest absolute Gasteiger partial charge is 0.0166 e. The lowest BCUT2D eigenvalue weighted by molar-refractivity contribution is 0.104. The Labute approximate surface area is 101 Å². The van der Waals surface area contributed by atoms with E-state index in [0.717, 1.165) is 12.0 Å². The van der Waals surface area contributed by atoms with Crippen molar-refractivity contribution in [1.29, 1.82) is 0 Å². The first-order valence-corrected chi connectivity index (χ1v) is 7.14. The van der Waals surface area contributed by atoms with Crippen molar-refractivity contribution in [2.75, 3.05) is 13.1 Å². The van der Waals surface area contributed by atoms with E-state index in [9.17, 15) is 0 Å². The molecule has 2 atom stereocenters. The maximum Gasteiger partial charge on any atom is 0.0166 e. The maximum atomic E-state index is 6.43. The molecule has 0 amide bonds. The molecule has 1 heterocycles. The van der Waals surface area contributed by atoms with Gasteiger partial charge in [-0.2, -0.15) is 0 Å². The average Bonchev–Trinajstić information content (AvgIpc) is 2.68.